The van der Waals surface area contributed by atoms with Crippen LogP contribution in [-0.4, -0.2) is 19.0 Å². The molecule has 0 amide bonds. The molecule has 0 spiro atoms. The molecule has 2 rings (SSSR count). The first kappa shape index (κ1) is 13.8. The number of anilines is 3. The van der Waals surface area contributed by atoms with Gasteiger partial charge in [-0.1, -0.05) is 6.07 Å². The van der Waals surface area contributed by atoms with Crippen molar-refractivity contribution in [3.8, 4) is 0 Å². The minimum absolute atomic E-state index is 0.0122. The Hall–Kier alpha value is -2.63. The topological polar surface area (TPSA) is 58.4 Å². The Morgan fingerprint density at radius 2 is 1.85 bits per heavy atom. The molecule has 0 aliphatic carbocycles. The van der Waals surface area contributed by atoms with Crippen molar-refractivity contribution in [3.05, 3.63) is 58.4 Å². The van der Waals surface area contributed by atoms with Crippen LogP contribution in [0.4, 0.5) is 27.1 Å². The molecule has 104 valence electrons. The van der Waals surface area contributed by atoms with Crippen LogP contribution >= 0.6 is 0 Å². The van der Waals surface area contributed by atoms with Gasteiger partial charge in [-0.3, -0.25) is 10.1 Å². The third kappa shape index (κ3) is 2.54. The number of rotatable bonds is 4. The number of halogens is 1. The molecule has 6 heteroatoms. The van der Waals surface area contributed by atoms with Crippen molar-refractivity contribution in [3.63, 3.8) is 0 Å². The summed E-state index contributed by atoms with van der Waals surface area (Å²) in [6.07, 6.45) is 0. The van der Waals surface area contributed by atoms with E-state index in [0.29, 0.717) is 17.1 Å². The van der Waals surface area contributed by atoms with Gasteiger partial charge in [0, 0.05) is 19.8 Å². The van der Waals surface area contributed by atoms with Gasteiger partial charge in [-0.25, -0.2) is 4.39 Å². The highest BCUT2D eigenvalue weighted by Crippen LogP contribution is 2.37. The van der Waals surface area contributed by atoms with E-state index in [1.165, 1.54) is 12.1 Å². The largest absolute Gasteiger partial charge is 0.382 e. The molecular formula is C14H14FN3O2. The average molecular weight is 275 g/mol. The molecular weight excluding hydrogens is 261 g/mol. The van der Waals surface area contributed by atoms with Crippen molar-refractivity contribution in [2.75, 3.05) is 24.3 Å². The first-order valence-electron chi connectivity index (χ1n) is 5.99. The van der Waals surface area contributed by atoms with Gasteiger partial charge in [0.1, 0.15) is 17.2 Å². The number of benzene rings is 2. The van der Waals surface area contributed by atoms with E-state index in [4.69, 9.17) is 0 Å². The standard InChI is InChI=1S/C14H14FN3O2/c1-16-12-4-3-5-13(14(12)18(19)20)17(2)11-8-6-10(15)7-9-11/h3-9,16H,1-2H3. The lowest BCUT2D eigenvalue weighted by Crippen LogP contribution is -2.12. The maximum Gasteiger partial charge on any atom is 0.315 e. The summed E-state index contributed by atoms with van der Waals surface area (Å²) >= 11 is 0. The van der Waals surface area contributed by atoms with Crippen LogP contribution in [0.1, 0.15) is 0 Å². The van der Waals surface area contributed by atoms with E-state index in [0.717, 1.165) is 0 Å². The second kappa shape index (κ2) is 5.56. The molecule has 0 bridgehead atoms. The van der Waals surface area contributed by atoms with E-state index in [9.17, 15) is 14.5 Å². The Balaban J connectivity index is 2.51. The van der Waals surface area contributed by atoms with Crippen molar-refractivity contribution in [1.82, 2.24) is 0 Å². The Morgan fingerprint density at radius 1 is 1.20 bits per heavy atom. The van der Waals surface area contributed by atoms with E-state index in [-0.39, 0.29) is 11.5 Å². The average Bonchev–Trinajstić information content (AvgIpc) is 2.46. The Morgan fingerprint density at radius 3 is 2.40 bits per heavy atom. The van der Waals surface area contributed by atoms with Crippen LogP contribution < -0.4 is 10.2 Å². The highest BCUT2D eigenvalue weighted by Gasteiger charge is 2.22. The van der Waals surface area contributed by atoms with Crippen molar-refractivity contribution < 1.29 is 9.31 Å². The summed E-state index contributed by atoms with van der Waals surface area (Å²) in [5.74, 6) is -0.347. The molecule has 0 fully saturated rings. The highest BCUT2D eigenvalue weighted by molar-refractivity contribution is 5.80. The number of nitrogens with zero attached hydrogens (tertiary/aromatic N) is 2. The molecule has 0 aromatic heterocycles. The number of hydrogen-bond acceptors (Lipinski definition) is 4. The van der Waals surface area contributed by atoms with Crippen molar-refractivity contribution in [2.24, 2.45) is 0 Å². The number of nitrogens with one attached hydrogen (secondary N) is 1. The lowest BCUT2D eigenvalue weighted by atomic mass is 10.2. The SMILES string of the molecule is CNc1cccc(N(C)c2ccc(F)cc2)c1[N+](=O)[O-]. The fourth-order valence-electron chi connectivity index (χ4n) is 2.00. The van der Waals surface area contributed by atoms with Crippen LogP contribution in [0.5, 0.6) is 0 Å². The summed E-state index contributed by atoms with van der Waals surface area (Å²) < 4.78 is 12.9. The maximum absolute atomic E-state index is 12.9. The molecule has 0 unspecified atom stereocenters. The Bertz CT molecular complexity index is 629. The van der Waals surface area contributed by atoms with Gasteiger partial charge in [0.25, 0.3) is 0 Å². The second-order valence-electron chi connectivity index (χ2n) is 4.22. The Labute approximate surface area is 115 Å². The third-order valence-electron chi connectivity index (χ3n) is 3.04. The predicted molar refractivity (Wildman–Crippen MR) is 77.1 cm³/mol. The van der Waals surface area contributed by atoms with Crippen molar-refractivity contribution >= 4 is 22.7 Å². The predicted octanol–water partition coefficient (Wildman–Crippen LogP) is 3.54. The number of para-hydroxylation sites is 1. The van der Waals surface area contributed by atoms with Gasteiger partial charge < -0.3 is 10.2 Å². The van der Waals surface area contributed by atoms with E-state index >= 15 is 0 Å². The number of nitro groups is 1. The normalized spacial score (nSPS) is 10.2. The van der Waals surface area contributed by atoms with Crippen LogP contribution in [0.25, 0.3) is 0 Å². The summed E-state index contributed by atoms with van der Waals surface area (Å²) in [5.41, 5.74) is 1.53. The fourth-order valence-corrected chi connectivity index (χ4v) is 2.00. The van der Waals surface area contributed by atoms with E-state index < -0.39 is 4.92 Å². The molecule has 2 aromatic carbocycles. The van der Waals surface area contributed by atoms with Crippen molar-refractivity contribution in [1.29, 1.82) is 0 Å². The molecule has 0 radical (unpaired) electrons. The summed E-state index contributed by atoms with van der Waals surface area (Å²) in [4.78, 5) is 12.5. The van der Waals surface area contributed by atoms with Crippen LogP contribution in [0.15, 0.2) is 42.5 Å². The molecule has 0 aliphatic rings. The fraction of sp³-hybridized carbons (Fsp3) is 0.143. The van der Waals surface area contributed by atoms with E-state index in [1.807, 2.05) is 0 Å². The lowest BCUT2D eigenvalue weighted by Gasteiger charge is -2.20. The van der Waals surface area contributed by atoms with Gasteiger partial charge in [-0.15, -0.1) is 0 Å². The summed E-state index contributed by atoms with van der Waals surface area (Å²) in [6.45, 7) is 0. The quantitative estimate of drug-likeness (QED) is 0.685. The van der Waals surface area contributed by atoms with Crippen LogP contribution in [-0.2, 0) is 0 Å². The highest BCUT2D eigenvalue weighted by atomic mass is 19.1. The van der Waals surface area contributed by atoms with Crippen LogP contribution in [0.2, 0.25) is 0 Å². The first-order chi connectivity index (χ1) is 9.54. The number of nitro benzene ring substituents is 1. The lowest BCUT2D eigenvalue weighted by molar-refractivity contribution is -0.383. The molecule has 0 saturated heterocycles. The molecule has 0 aliphatic heterocycles. The molecule has 0 atom stereocenters. The van der Waals surface area contributed by atoms with Gasteiger partial charge in [0.15, 0.2) is 0 Å². The Kier molecular flexibility index (Phi) is 3.84. The molecule has 20 heavy (non-hydrogen) atoms. The summed E-state index contributed by atoms with van der Waals surface area (Å²) in [7, 11) is 3.33. The van der Waals surface area contributed by atoms with Crippen LogP contribution in [0, 0.1) is 15.9 Å². The van der Waals surface area contributed by atoms with Gasteiger partial charge in [0.05, 0.1) is 4.92 Å². The molecule has 0 heterocycles. The van der Waals surface area contributed by atoms with Gasteiger partial charge in [-0.05, 0) is 36.4 Å². The first-order valence-corrected chi connectivity index (χ1v) is 5.99. The summed E-state index contributed by atoms with van der Waals surface area (Å²) in [6, 6.07) is 10.8. The zero-order valence-electron chi connectivity index (χ0n) is 11.1. The van der Waals surface area contributed by atoms with Gasteiger partial charge in [-0.2, -0.15) is 0 Å². The zero-order valence-corrected chi connectivity index (χ0v) is 11.1. The molecule has 0 saturated carbocycles. The van der Waals surface area contributed by atoms with E-state index in [1.54, 1.807) is 49.3 Å². The smallest absolute Gasteiger partial charge is 0.315 e. The minimum atomic E-state index is -0.429. The molecule has 2 aromatic rings. The third-order valence-corrected chi connectivity index (χ3v) is 3.04. The zero-order chi connectivity index (χ0) is 14.7. The molecule has 1 N–H and O–H groups in total. The minimum Gasteiger partial charge on any atom is -0.382 e. The van der Waals surface area contributed by atoms with Gasteiger partial charge >= 0.3 is 5.69 Å². The van der Waals surface area contributed by atoms with Crippen LogP contribution in [0.3, 0.4) is 0 Å². The monoisotopic (exact) mass is 275 g/mol. The summed E-state index contributed by atoms with van der Waals surface area (Å²) in [5, 5.41) is 14.1. The second-order valence-corrected chi connectivity index (χ2v) is 4.22. The van der Waals surface area contributed by atoms with E-state index in [2.05, 4.69) is 5.32 Å². The number of hydrogen-bond donors (Lipinski definition) is 1. The maximum atomic E-state index is 12.9. The van der Waals surface area contributed by atoms with Gasteiger partial charge in [0.2, 0.25) is 0 Å². The van der Waals surface area contributed by atoms with Crippen molar-refractivity contribution in [2.45, 2.75) is 0 Å². The molecule has 5 nitrogen and oxygen atoms in total.